The van der Waals surface area contributed by atoms with Gasteiger partial charge in [0.2, 0.25) is 10.0 Å². The molecule has 10 heteroatoms. The molecule has 3 rings (SSSR count). The third-order valence-electron chi connectivity index (χ3n) is 4.19. The first-order valence-corrected chi connectivity index (χ1v) is 10.4. The Morgan fingerprint density at radius 1 is 1.17 bits per heavy atom. The summed E-state index contributed by atoms with van der Waals surface area (Å²) in [5, 5.41) is 7.58. The highest BCUT2D eigenvalue weighted by molar-refractivity contribution is 7.89. The predicted molar refractivity (Wildman–Crippen MR) is 102 cm³/mol. The number of nitrogens with one attached hydrogen (secondary N) is 1. The van der Waals surface area contributed by atoms with Gasteiger partial charge in [-0.2, -0.15) is 0 Å². The summed E-state index contributed by atoms with van der Waals surface area (Å²) in [6, 6.07) is 8.29. The lowest BCUT2D eigenvalue weighted by Crippen LogP contribution is -2.25. The molecule has 1 N–H and O–H groups in total. The van der Waals surface area contributed by atoms with Crippen molar-refractivity contribution in [3.63, 3.8) is 0 Å². The van der Waals surface area contributed by atoms with Gasteiger partial charge in [0, 0.05) is 13.0 Å². The molecule has 0 aliphatic heterocycles. The number of sulfonamides is 1. The van der Waals surface area contributed by atoms with E-state index in [9.17, 15) is 13.2 Å². The molecule has 29 heavy (non-hydrogen) atoms. The average Bonchev–Trinajstić information content (AvgIpc) is 3.37. The van der Waals surface area contributed by atoms with E-state index in [1.54, 1.807) is 30.3 Å². The number of nitrogens with zero attached hydrogens (tertiary/aromatic N) is 2. The second kappa shape index (κ2) is 9.01. The molecule has 3 aromatic rings. The Morgan fingerprint density at radius 3 is 2.72 bits per heavy atom. The number of aryl methyl sites for hydroxylation is 2. The zero-order valence-corrected chi connectivity index (χ0v) is 16.9. The van der Waals surface area contributed by atoms with Gasteiger partial charge in [-0.3, -0.25) is 4.79 Å². The van der Waals surface area contributed by atoms with Crippen LogP contribution in [-0.4, -0.2) is 31.1 Å². The number of hydrogen-bond acceptors (Lipinski definition) is 8. The zero-order valence-electron chi connectivity index (χ0n) is 16.0. The van der Waals surface area contributed by atoms with Crippen LogP contribution in [0.25, 0.3) is 11.7 Å². The fourth-order valence-corrected chi connectivity index (χ4v) is 3.59. The first kappa shape index (κ1) is 20.7. The molecule has 154 valence electrons. The molecule has 0 spiro atoms. The van der Waals surface area contributed by atoms with Crippen molar-refractivity contribution >= 4 is 16.0 Å². The number of furan rings is 1. The first-order valence-electron chi connectivity index (χ1n) is 8.94. The lowest BCUT2D eigenvalue weighted by molar-refractivity contribution is -0.145. The van der Waals surface area contributed by atoms with Crippen LogP contribution < -0.4 is 4.72 Å². The van der Waals surface area contributed by atoms with Gasteiger partial charge in [0.25, 0.3) is 11.8 Å². The highest BCUT2D eigenvalue weighted by Crippen LogP contribution is 2.18. The van der Waals surface area contributed by atoms with Crippen molar-refractivity contribution in [3.8, 4) is 11.7 Å². The van der Waals surface area contributed by atoms with Gasteiger partial charge in [0.05, 0.1) is 11.2 Å². The summed E-state index contributed by atoms with van der Waals surface area (Å²) in [7, 11) is -3.62. The van der Waals surface area contributed by atoms with E-state index >= 15 is 0 Å². The molecule has 1 aromatic carbocycles. The van der Waals surface area contributed by atoms with Crippen molar-refractivity contribution in [2.24, 2.45) is 0 Å². The van der Waals surface area contributed by atoms with Crippen molar-refractivity contribution in [2.45, 2.75) is 38.2 Å². The second-order valence-electron chi connectivity index (χ2n) is 6.39. The van der Waals surface area contributed by atoms with Crippen molar-refractivity contribution in [3.05, 3.63) is 53.6 Å². The summed E-state index contributed by atoms with van der Waals surface area (Å²) in [5.41, 5.74) is 1.91. The van der Waals surface area contributed by atoms with E-state index in [-0.39, 0.29) is 36.2 Å². The van der Waals surface area contributed by atoms with E-state index in [2.05, 4.69) is 14.9 Å². The van der Waals surface area contributed by atoms with E-state index in [0.717, 1.165) is 11.1 Å². The molecule has 0 saturated carbocycles. The quantitative estimate of drug-likeness (QED) is 0.415. The minimum absolute atomic E-state index is 0.0502. The van der Waals surface area contributed by atoms with Crippen molar-refractivity contribution in [1.82, 2.24) is 14.9 Å². The van der Waals surface area contributed by atoms with E-state index in [1.807, 2.05) is 13.8 Å². The maximum Gasteiger partial charge on any atom is 0.306 e. The number of ether oxygens (including phenoxy) is 1. The molecule has 2 aromatic heterocycles. The molecule has 0 saturated heterocycles. The molecular weight excluding hydrogens is 398 g/mol. The smallest absolute Gasteiger partial charge is 0.306 e. The summed E-state index contributed by atoms with van der Waals surface area (Å²) in [5.74, 6) is 0.265. The third-order valence-corrected chi connectivity index (χ3v) is 5.65. The summed E-state index contributed by atoms with van der Waals surface area (Å²) < 4.78 is 42.6. The van der Waals surface area contributed by atoms with Crippen molar-refractivity contribution in [1.29, 1.82) is 0 Å². The Hall–Kier alpha value is -2.98. The Labute approximate surface area is 168 Å². The number of carbonyl (C=O) groups excluding carboxylic acids is 1. The summed E-state index contributed by atoms with van der Waals surface area (Å²) >= 11 is 0. The average molecular weight is 419 g/mol. The van der Waals surface area contributed by atoms with E-state index in [4.69, 9.17) is 13.6 Å². The lowest BCUT2D eigenvalue weighted by atomic mass is 10.1. The predicted octanol–water partition coefficient (Wildman–Crippen LogP) is 2.75. The highest BCUT2D eigenvalue weighted by atomic mass is 32.2. The van der Waals surface area contributed by atoms with Crippen LogP contribution in [0.1, 0.15) is 29.9 Å². The molecule has 0 bridgehead atoms. The number of carbonyl (C=O) groups is 1. The van der Waals surface area contributed by atoms with Crippen LogP contribution in [0.15, 0.2) is 50.3 Å². The van der Waals surface area contributed by atoms with E-state index in [0.29, 0.717) is 12.2 Å². The first-order chi connectivity index (χ1) is 13.8. The molecule has 2 heterocycles. The highest BCUT2D eigenvalue weighted by Gasteiger charge is 2.15. The molecule has 0 fully saturated rings. The van der Waals surface area contributed by atoms with E-state index < -0.39 is 16.0 Å². The summed E-state index contributed by atoms with van der Waals surface area (Å²) in [4.78, 5) is 12.0. The minimum atomic E-state index is -3.62. The SMILES string of the molecule is Cc1ccc(S(=O)(=O)NCCCC(=O)OCc2nnc(-c3ccco3)o2)cc1C. The largest absolute Gasteiger partial charge is 0.459 e. The molecular formula is C19H21N3O6S. The maximum absolute atomic E-state index is 12.3. The van der Waals surface area contributed by atoms with Crippen LogP contribution in [0.5, 0.6) is 0 Å². The van der Waals surface area contributed by atoms with Crippen LogP contribution in [0, 0.1) is 13.8 Å². The molecule has 0 amide bonds. The van der Waals surface area contributed by atoms with Gasteiger partial charge in [0.1, 0.15) is 0 Å². The number of hydrogen-bond donors (Lipinski definition) is 1. The fraction of sp³-hybridized carbons (Fsp3) is 0.316. The van der Waals surface area contributed by atoms with Crippen molar-refractivity contribution in [2.75, 3.05) is 6.54 Å². The molecule has 0 atom stereocenters. The minimum Gasteiger partial charge on any atom is -0.459 e. The monoisotopic (exact) mass is 419 g/mol. The van der Waals surface area contributed by atoms with Crippen LogP contribution in [0.4, 0.5) is 0 Å². The fourth-order valence-electron chi connectivity index (χ4n) is 2.43. The van der Waals surface area contributed by atoms with Crippen LogP contribution in [0.3, 0.4) is 0 Å². The number of esters is 1. The maximum atomic E-state index is 12.3. The number of aromatic nitrogens is 2. The summed E-state index contributed by atoms with van der Waals surface area (Å²) in [6.45, 7) is 3.72. The zero-order chi connectivity index (χ0) is 20.9. The van der Waals surface area contributed by atoms with Crippen LogP contribution in [0.2, 0.25) is 0 Å². The normalized spacial score (nSPS) is 11.5. The van der Waals surface area contributed by atoms with Crippen LogP contribution >= 0.6 is 0 Å². The van der Waals surface area contributed by atoms with Gasteiger partial charge < -0.3 is 13.6 Å². The molecule has 0 aliphatic rings. The molecule has 0 radical (unpaired) electrons. The molecule has 0 unspecified atom stereocenters. The van der Waals surface area contributed by atoms with Gasteiger partial charge in [-0.25, -0.2) is 13.1 Å². The van der Waals surface area contributed by atoms with Crippen LogP contribution in [-0.2, 0) is 26.2 Å². The second-order valence-corrected chi connectivity index (χ2v) is 8.15. The van der Waals surface area contributed by atoms with Gasteiger partial charge in [-0.05, 0) is 55.7 Å². The van der Waals surface area contributed by atoms with Gasteiger partial charge >= 0.3 is 5.97 Å². The third kappa shape index (κ3) is 5.52. The van der Waals surface area contributed by atoms with Gasteiger partial charge in [0.15, 0.2) is 12.4 Å². The Morgan fingerprint density at radius 2 is 2.00 bits per heavy atom. The Kier molecular flexibility index (Phi) is 6.45. The standard InChI is InChI=1S/C19H21N3O6S/c1-13-7-8-15(11-14(13)2)29(24,25)20-9-3-6-18(23)27-12-17-21-22-19(28-17)16-5-4-10-26-16/h4-5,7-8,10-11,20H,3,6,9,12H2,1-2H3. The van der Waals surface area contributed by atoms with Gasteiger partial charge in [-0.15, -0.1) is 10.2 Å². The Balaban J connectivity index is 1.40. The summed E-state index contributed by atoms with van der Waals surface area (Å²) in [6.07, 6.45) is 1.83. The van der Waals surface area contributed by atoms with Gasteiger partial charge in [-0.1, -0.05) is 6.07 Å². The van der Waals surface area contributed by atoms with Crippen molar-refractivity contribution < 1.29 is 26.8 Å². The molecule has 0 aliphatic carbocycles. The lowest BCUT2D eigenvalue weighted by Gasteiger charge is -2.08. The van der Waals surface area contributed by atoms with E-state index in [1.165, 1.54) is 6.26 Å². The number of benzene rings is 1. The molecule has 9 nitrogen and oxygen atoms in total. The Bertz CT molecular complexity index is 1070. The number of rotatable bonds is 9. The topological polar surface area (TPSA) is 125 Å².